The predicted octanol–water partition coefficient (Wildman–Crippen LogP) is 2.47. The molecule has 2 atom stereocenters. The lowest BCUT2D eigenvalue weighted by Gasteiger charge is -2.28. The highest BCUT2D eigenvalue weighted by molar-refractivity contribution is 5.25. The van der Waals surface area contributed by atoms with E-state index in [1.165, 1.54) is 30.5 Å². The summed E-state index contributed by atoms with van der Waals surface area (Å²) in [6, 6.07) is 5.14. The Hall–Kier alpha value is -0.930. The van der Waals surface area contributed by atoms with E-state index in [2.05, 4.69) is 23.3 Å². The average Bonchev–Trinajstić information content (AvgIpc) is 2.37. The van der Waals surface area contributed by atoms with Gasteiger partial charge in [-0.3, -0.25) is 4.98 Å². The molecule has 0 spiro atoms. The maximum Gasteiger partial charge on any atom is 0.0605 e. The molecule has 94 valence electrons. The van der Waals surface area contributed by atoms with E-state index < -0.39 is 0 Å². The molecule has 3 nitrogen and oxygen atoms in total. The van der Waals surface area contributed by atoms with Crippen LogP contribution in [0.15, 0.2) is 18.3 Å². The van der Waals surface area contributed by atoms with Crippen LogP contribution in [-0.2, 0) is 11.2 Å². The minimum absolute atomic E-state index is 0.423. The lowest BCUT2D eigenvalue weighted by atomic mass is 9.91. The maximum absolute atomic E-state index is 5.12. The number of hydrogen-bond donors (Lipinski definition) is 1. The molecule has 1 aromatic heterocycles. The van der Waals surface area contributed by atoms with Crippen molar-refractivity contribution in [3.05, 3.63) is 29.6 Å². The summed E-state index contributed by atoms with van der Waals surface area (Å²) in [4.78, 5) is 4.54. The Bertz CT molecular complexity index is 354. The van der Waals surface area contributed by atoms with Gasteiger partial charge in [-0.25, -0.2) is 0 Å². The van der Waals surface area contributed by atoms with Gasteiger partial charge in [0.15, 0.2) is 0 Å². The third kappa shape index (κ3) is 3.27. The molecule has 2 unspecified atom stereocenters. The second kappa shape index (κ2) is 6.12. The zero-order chi connectivity index (χ0) is 12.1. The van der Waals surface area contributed by atoms with Crippen LogP contribution in [0.1, 0.15) is 43.5 Å². The highest BCUT2D eigenvalue weighted by atomic mass is 16.5. The number of rotatable bonds is 5. The van der Waals surface area contributed by atoms with Crippen LogP contribution < -0.4 is 5.32 Å². The number of methoxy groups -OCH3 is 1. The minimum Gasteiger partial charge on any atom is -0.385 e. The summed E-state index contributed by atoms with van der Waals surface area (Å²) in [6.07, 6.45) is 6.58. The van der Waals surface area contributed by atoms with Crippen molar-refractivity contribution in [2.45, 2.75) is 44.7 Å². The van der Waals surface area contributed by atoms with Gasteiger partial charge in [0.25, 0.3) is 0 Å². The van der Waals surface area contributed by atoms with Crippen molar-refractivity contribution in [2.75, 3.05) is 13.7 Å². The number of pyridine rings is 1. The predicted molar refractivity (Wildman–Crippen MR) is 69.0 cm³/mol. The van der Waals surface area contributed by atoms with Crippen molar-refractivity contribution in [3.8, 4) is 0 Å². The molecular formula is C14H22N2O. The van der Waals surface area contributed by atoms with Crippen LogP contribution in [0.5, 0.6) is 0 Å². The van der Waals surface area contributed by atoms with E-state index in [9.17, 15) is 0 Å². The summed E-state index contributed by atoms with van der Waals surface area (Å²) in [6.45, 7) is 3.03. The molecule has 0 radical (unpaired) electrons. The summed E-state index contributed by atoms with van der Waals surface area (Å²) in [5.74, 6) is 0. The number of hydrogen-bond acceptors (Lipinski definition) is 3. The largest absolute Gasteiger partial charge is 0.385 e. The Morgan fingerprint density at radius 2 is 2.47 bits per heavy atom. The van der Waals surface area contributed by atoms with Gasteiger partial charge in [0, 0.05) is 32.0 Å². The molecule has 3 heteroatoms. The van der Waals surface area contributed by atoms with E-state index in [0.717, 1.165) is 13.0 Å². The van der Waals surface area contributed by atoms with Gasteiger partial charge in [0.2, 0.25) is 0 Å². The van der Waals surface area contributed by atoms with Crippen LogP contribution >= 0.6 is 0 Å². The molecule has 1 aromatic rings. The number of aryl methyl sites for hydroxylation is 1. The molecule has 1 N–H and O–H groups in total. The summed E-state index contributed by atoms with van der Waals surface area (Å²) in [5.41, 5.74) is 2.67. The molecule has 1 aliphatic rings. The topological polar surface area (TPSA) is 34.1 Å². The van der Waals surface area contributed by atoms with Gasteiger partial charge >= 0.3 is 0 Å². The van der Waals surface area contributed by atoms with Crippen molar-refractivity contribution in [1.29, 1.82) is 0 Å². The molecule has 0 saturated carbocycles. The van der Waals surface area contributed by atoms with E-state index in [-0.39, 0.29) is 0 Å². The molecular weight excluding hydrogens is 212 g/mol. The average molecular weight is 234 g/mol. The molecule has 0 bridgehead atoms. The first-order valence-electron chi connectivity index (χ1n) is 6.50. The number of fused-ring (bicyclic) bond motifs is 1. The van der Waals surface area contributed by atoms with Crippen LogP contribution in [0, 0.1) is 0 Å². The van der Waals surface area contributed by atoms with Crippen LogP contribution in [-0.4, -0.2) is 24.7 Å². The summed E-state index contributed by atoms with van der Waals surface area (Å²) >= 11 is 0. The number of ether oxygens (including phenoxy) is 1. The van der Waals surface area contributed by atoms with Crippen molar-refractivity contribution < 1.29 is 4.74 Å². The van der Waals surface area contributed by atoms with E-state index >= 15 is 0 Å². The maximum atomic E-state index is 5.12. The van der Waals surface area contributed by atoms with Crippen LogP contribution in [0.3, 0.4) is 0 Å². The van der Waals surface area contributed by atoms with Gasteiger partial charge in [-0.05, 0) is 44.2 Å². The summed E-state index contributed by atoms with van der Waals surface area (Å²) < 4.78 is 5.12. The fraction of sp³-hybridized carbons (Fsp3) is 0.643. The van der Waals surface area contributed by atoms with Gasteiger partial charge in [0.05, 0.1) is 5.69 Å². The Kier molecular flexibility index (Phi) is 4.51. The van der Waals surface area contributed by atoms with Crippen LogP contribution in [0.4, 0.5) is 0 Å². The highest BCUT2D eigenvalue weighted by Crippen LogP contribution is 2.28. The lowest BCUT2D eigenvalue weighted by Crippen LogP contribution is -2.34. The molecule has 0 aliphatic heterocycles. The van der Waals surface area contributed by atoms with E-state index in [1.807, 2.05) is 12.3 Å². The third-order valence-corrected chi connectivity index (χ3v) is 3.44. The van der Waals surface area contributed by atoms with Crippen LogP contribution in [0.2, 0.25) is 0 Å². The fourth-order valence-corrected chi connectivity index (χ4v) is 2.49. The van der Waals surface area contributed by atoms with Crippen molar-refractivity contribution >= 4 is 0 Å². The molecule has 0 saturated heterocycles. The molecule has 1 heterocycles. The molecule has 1 aliphatic carbocycles. The normalized spacial score (nSPS) is 20.9. The summed E-state index contributed by atoms with van der Waals surface area (Å²) in [7, 11) is 1.75. The SMILES string of the molecule is COCCC(C)NC1CCCc2cccnc21. The van der Waals surface area contributed by atoms with Gasteiger partial charge in [-0.1, -0.05) is 6.07 Å². The quantitative estimate of drug-likeness (QED) is 0.850. The zero-order valence-electron chi connectivity index (χ0n) is 10.8. The third-order valence-electron chi connectivity index (χ3n) is 3.44. The van der Waals surface area contributed by atoms with E-state index in [0.29, 0.717) is 12.1 Å². The van der Waals surface area contributed by atoms with Crippen molar-refractivity contribution in [1.82, 2.24) is 10.3 Å². The monoisotopic (exact) mass is 234 g/mol. The first kappa shape index (κ1) is 12.5. The van der Waals surface area contributed by atoms with Gasteiger partial charge in [0.1, 0.15) is 0 Å². The standard InChI is InChI=1S/C14H22N2O/c1-11(8-10-17-2)16-13-7-3-5-12-6-4-9-15-14(12)13/h4,6,9,11,13,16H,3,5,7-8,10H2,1-2H3. The smallest absolute Gasteiger partial charge is 0.0605 e. The van der Waals surface area contributed by atoms with Crippen molar-refractivity contribution in [2.24, 2.45) is 0 Å². The van der Waals surface area contributed by atoms with E-state index in [4.69, 9.17) is 4.74 Å². The van der Waals surface area contributed by atoms with E-state index in [1.54, 1.807) is 7.11 Å². The van der Waals surface area contributed by atoms with Crippen LogP contribution in [0.25, 0.3) is 0 Å². The zero-order valence-corrected chi connectivity index (χ0v) is 10.8. The Morgan fingerprint density at radius 1 is 1.59 bits per heavy atom. The number of nitrogens with one attached hydrogen (secondary N) is 1. The number of nitrogens with zero attached hydrogens (tertiary/aromatic N) is 1. The molecule has 0 amide bonds. The molecule has 2 rings (SSSR count). The fourth-order valence-electron chi connectivity index (χ4n) is 2.49. The number of aromatic nitrogens is 1. The molecule has 0 aromatic carbocycles. The van der Waals surface area contributed by atoms with Gasteiger partial charge in [-0.15, -0.1) is 0 Å². The second-order valence-electron chi connectivity index (χ2n) is 4.84. The first-order chi connectivity index (χ1) is 8.31. The Labute approximate surface area is 104 Å². The highest BCUT2D eigenvalue weighted by Gasteiger charge is 2.22. The Morgan fingerprint density at radius 3 is 3.29 bits per heavy atom. The van der Waals surface area contributed by atoms with Gasteiger partial charge < -0.3 is 10.1 Å². The van der Waals surface area contributed by atoms with Crippen molar-refractivity contribution in [3.63, 3.8) is 0 Å². The lowest BCUT2D eigenvalue weighted by molar-refractivity contribution is 0.181. The first-order valence-corrected chi connectivity index (χ1v) is 6.50. The molecule has 17 heavy (non-hydrogen) atoms. The Balaban J connectivity index is 1.98. The van der Waals surface area contributed by atoms with Gasteiger partial charge in [-0.2, -0.15) is 0 Å². The summed E-state index contributed by atoms with van der Waals surface area (Å²) in [5, 5.41) is 3.67. The molecule has 0 fully saturated rings. The minimum atomic E-state index is 0.423. The second-order valence-corrected chi connectivity index (χ2v) is 4.84.